The van der Waals surface area contributed by atoms with Crippen molar-refractivity contribution in [1.82, 2.24) is 9.62 Å². The van der Waals surface area contributed by atoms with Crippen LogP contribution in [0.4, 0.5) is 0 Å². The summed E-state index contributed by atoms with van der Waals surface area (Å²) in [6.07, 6.45) is 0.588. The van der Waals surface area contributed by atoms with Crippen LogP contribution in [-0.2, 0) is 26.0 Å². The Morgan fingerprint density at radius 1 is 1.22 bits per heavy atom. The number of carbonyl (C=O) groups excluding carboxylic acids is 1. The number of amides is 1. The summed E-state index contributed by atoms with van der Waals surface area (Å²) in [5.74, 6) is -1.29. The van der Waals surface area contributed by atoms with E-state index in [2.05, 4.69) is 4.72 Å². The Morgan fingerprint density at radius 2 is 1.78 bits per heavy atom. The van der Waals surface area contributed by atoms with E-state index in [1.807, 2.05) is 0 Å². The highest BCUT2D eigenvalue weighted by molar-refractivity contribution is 7.89. The Morgan fingerprint density at radius 3 is 2.22 bits per heavy atom. The summed E-state index contributed by atoms with van der Waals surface area (Å²) in [6, 6.07) is 6.05. The SMILES string of the molecule is CNS(=O)(=O)c1ccc(CCC(=O)N(CC(=O)O)C(C)C)cc1. The lowest BCUT2D eigenvalue weighted by atomic mass is 10.1. The number of benzene rings is 1. The van der Waals surface area contributed by atoms with Crippen LogP contribution in [-0.4, -0.2) is 49.9 Å². The molecular weight excluding hydrogens is 320 g/mol. The number of sulfonamides is 1. The number of hydrogen-bond acceptors (Lipinski definition) is 4. The largest absolute Gasteiger partial charge is 0.480 e. The molecule has 0 aliphatic heterocycles. The molecule has 0 atom stereocenters. The highest BCUT2D eigenvalue weighted by Crippen LogP contribution is 2.12. The molecule has 1 rings (SSSR count). The number of carboxylic acid groups (broad SMARTS) is 1. The number of carboxylic acids is 1. The van der Waals surface area contributed by atoms with E-state index >= 15 is 0 Å². The third-order valence-electron chi connectivity index (χ3n) is 3.38. The molecule has 8 heteroatoms. The van der Waals surface area contributed by atoms with E-state index in [4.69, 9.17) is 5.11 Å². The van der Waals surface area contributed by atoms with Crippen molar-refractivity contribution in [2.75, 3.05) is 13.6 Å². The zero-order chi connectivity index (χ0) is 17.6. The fraction of sp³-hybridized carbons (Fsp3) is 0.467. The summed E-state index contributed by atoms with van der Waals surface area (Å²) in [5.41, 5.74) is 0.812. The van der Waals surface area contributed by atoms with Crippen molar-refractivity contribution >= 4 is 21.9 Å². The fourth-order valence-corrected chi connectivity index (χ4v) is 2.78. The Bertz CT molecular complexity index is 653. The monoisotopic (exact) mass is 342 g/mol. The van der Waals surface area contributed by atoms with Gasteiger partial charge in [0.25, 0.3) is 0 Å². The van der Waals surface area contributed by atoms with Gasteiger partial charge in [-0.15, -0.1) is 0 Å². The Balaban J connectivity index is 2.70. The third-order valence-corrected chi connectivity index (χ3v) is 4.81. The molecule has 0 unspecified atom stereocenters. The molecule has 7 nitrogen and oxygen atoms in total. The summed E-state index contributed by atoms with van der Waals surface area (Å²) in [7, 11) is -2.14. The van der Waals surface area contributed by atoms with Gasteiger partial charge in [0, 0.05) is 12.5 Å². The first-order valence-electron chi connectivity index (χ1n) is 7.21. The maximum atomic E-state index is 12.1. The first-order valence-corrected chi connectivity index (χ1v) is 8.69. The normalized spacial score (nSPS) is 11.5. The van der Waals surface area contributed by atoms with Gasteiger partial charge in [-0.3, -0.25) is 9.59 Å². The molecule has 0 spiro atoms. The van der Waals surface area contributed by atoms with Gasteiger partial charge in [-0.1, -0.05) is 12.1 Å². The summed E-state index contributed by atoms with van der Waals surface area (Å²) in [4.78, 5) is 24.4. The van der Waals surface area contributed by atoms with Gasteiger partial charge < -0.3 is 10.0 Å². The number of aryl methyl sites for hydroxylation is 1. The van der Waals surface area contributed by atoms with Gasteiger partial charge in [-0.25, -0.2) is 13.1 Å². The zero-order valence-corrected chi connectivity index (χ0v) is 14.3. The van der Waals surface area contributed by atoms with Crippen LogP contribution < -0.4 is 4.72 Å². The van der Waals surface area contributed by atoms with E-state index in [9.17, 15) is 18.0 Å². The van der Waals surface area contributed by atoms with Crippen LogP contribution >= 0.6 is 0 Å². The average molecular weight is 342 g/mol. The zero-order valence-electron chi connectivity index (χ0n) is 13.4. The highest BCUT2D eigenvalue weighted by atomic mass is 32.2. The van der Waals surface area contributed by atoms with E-state index in [1.54, 1.807) is 26.0 Å². The molecule has 23 heavy (non-hydrogen) atoms. The maximum absolute atomic E-state index is 12.1. The van der Waals surface area contributed by atoms with Gasteiger partial charge in [-0.05, 0) is 45.0 Å². The van der Waals surface area contributed by atoms with Gasteiger partial charge >= 0.3 is 5.97 Å². The van der Waals surface area contributed by atoms with Crippen molar-refractivity contribution in [3.8, 4) is 0 Å². The second kappa shape index (κ2) is 8.07. The number of hydrogen-bond donors (Lipinski definition) is 2. The first-order chi connectivity index (χ1) is 10.7. The molecule has 1 aromatic rings. The first kappa shape index (κ1) is 19.1. The van der Waals surface area contributed by atoms with Crippen molar-refractivity contribution in [3.63, 3.8) is 0 Å². The second-order valence-electron chi connectivity index (χ2n) is 5.36. The van der Waals surface area contributed by atoms with Crippen LogP contribution in [0.15, 0.2) is 29.2 Å². The Hall–Kier alpha value is -1.93. The standard InChI is InChI=1S/C15H22N2O5S/c1-11(2)17(10-15(19)20)14(18)9-6-12-4-7-13(8-5-12)23(21,22)16-3/h4-5,7-8,11,16H,6,9-10H2,1-3H3,(H,19,20). The smallest absolute Gasteiger partial charge is 0.323 e. The predicted octanol–water partition coefficient (Wildman–Crippen LogP) is 0.849. The van der Waals surface area contributed by atoms with Crippen molar-refractivity contribution in [3.05, 3.63) is 29.8 Å². The van der Waals surface area contributed by atoms with E-state index in [-0.39, 0.29) is 29.8 Å². The number of carbonyl (C=O) groups is 2. The van der Waals surface area contributed by atoms with E-state index < -0.39 is 16.0 Å². The van der Waals surface area contributed by atoms with Crippen molar-refractivity contribution in [2.24, 2.45) is 0 Å². The second-order valence-corrected chi connectivity index (χ2v) is 7.25. The molecule has 2 N–H and O–H groups in total. The molecule has 128 valence electrons. The third kappa shape index (κ3) is 5.65. The van der Waals surface area contributed by atoms with Gasteiger partial charge in [-0.2, -0.15) is 0 Å². The molecule has 0 radical (unpaired) electrons. The van der Waals surface area contributed by atoms with Crippen molar-refractivity contribution in [1.29, 1.82) is 0 Å². The molecule has 1 amide bonds. The topological polar surface area (TPSA) is 104 Å². The molecule has 0 bridgehead atoms. The summed E-state index contributed by atoms with van der Waals surface area (Å²) in [5, 5.41) is 8.84. The van der Waals surface area contributed by atoms with Crippen LogP contribution in [0, 0.1) is 0 Å². The quantitative estimate of drug-likeness (QED) is 0.729. The minimum absolute atomic E-state index is 0.157. The fourth-order valence-electron chi connectivity index (χ4n) is 2.05. The number of aliphatic carboxylic acids is 1. The molecule has 0 heterocycles. The molecule has 0 aliphatic rings. The lowest BCUT2D eigenvalue weighted by Gasteiger charge is -2.24. The minimum Gasteiger partial charge on any atom is -0.480 e. The van der Waals surface area contributed by atoms with Gasteiger partial charge in [0.15, 0.2) is 0 Å². The van der Waals surface area contributed by atoms with E-state index in [1.165, 1.54) is 24.1 Å². The molecule has 0 saturated carbocycles. The van der Waals surface area contributed by atoms with Crippen molar-refractivity contribution < 1.29 is 23.1 Å². The lowest BCUT2D eigenvalue weighted by molar-refractivity contribution is -0.145. The summed E-state index contributed by atoms with van der Waals surface area (Å²) >= 11 is 0. The molecule has 0 aliphatic carbocycles. The van der Waals surface area contributed by atoms with E-state index in [0.717, 1.165) is 5.56 Å². The van der Waals surface area contributed by atoms with Gasteiger partial charge in [0.1, 0.15) is 6.54 Å². The van der Waals surface area contributed by atoms with Crippen LogP contribution in [0.5, 0.6) is 0 Å². The summed E-state index contributed by atoms with van der Waals surface area (Å²) < 4.78 is 25.5. The highest BCUT2D eigenvalue weighted by Gasteiger charge is 2.19. The number of rotatable bonds is 8. The predicted molar refractivity (Wildman–Crippen MR) is 85.5 cm³/mol. The molecule has 0 aromatic heterocycles. The van der Waals surface area contributed by atoms with Crippen LogP contribution in [0.1, 0.15) is 25.8 Å². The number of nitrogens with zero attached hydrogens (tertiary/aromatic N) is 1. The Kier molecular flexibility index (Phi) is 6.71. The molecular formula is C15H22N2O5S. The maximum Gasteiger partial charge on any atom is 0.323 e. The average Bonchev–Trinajstić information content (AvgIpc) is 2.50. The molecule has 0 fully saturated rings. The summed E-state index contributed by atoms with van der Waals surface area (Å²) in [6.45, 7) is 3.20. The van der Waals surface area contributed by atoms with Crippen molar-refractivity contribution in [2.45, 2.75) is 37.6 Å². The Labute approximate surface area is 136 Å². The minimum atomic E-state index is -3.47. The molecule has 0 saturated heterocycles. The number of nitrogens with one attached hydrogen (secondary N) is 1. The van der Waals surface area contributed by atoms with E-state index in [0.29, 0.717) is 6.42 Å². The van der Waals surface area contributed by atoms with Crippen LogP contribution in [0.2, 0.25) is 0 Å². The molecule has 1 aromatic carbocycles. The van der Waals surface area contributed by atoms with Gasteiger partial charge in [0.05, 0.1) is 4.90 Å². The van der Waals surface area contributed by atoms with Gasteiger partial charge in [0.2, 0.25) is 15.9 Å². The van der Waals surface area contributed by atoms with Crippen LogP contribution in [0.3, 0.4) is 0 Å². The van der Waals surface area contributed by atoms with Crippen LogP contribution in [0.25, 0.3) is 0 Å². The lowest BCUT2D eigenvalue weighted by Crippen LogP contribution is -2.40.